The summed E-state index contributed by atoms with van der Waals surface area (Å²) in [7, 11) is 1.60. The van der Waals surface area contributed by atoms with Crippen LogP contribution in [0.1, 0.15) is 45.6 Å². The van der Waals surface area contributed by atoms with Gasteiger partial charge in [-0.05, 0) is 36.3 Å². The molecule has 1 aliphatic rings. The van der Waals surface area contributed by atoms with Gasteiger partial charge in [-0.25, -0.2) is 0 Å². The molecule has 2 atom stereocenters. The lowest BCUT2D eigenvalue weighted by atomic mass is 9.85. The van der Waals surface area contributed by atoms with Crippen molar-refractivity contribution in [1.29, 1.82) is 0 Å². The molecule has 0 spiro atoms. The van der Waals surface area contributed by atoms with Crippen LogP contribution >= 0.6 is 0 Å². The first-order valence-corrected chi connectivity index (χ1v) is 9.45. The molecular weight excluding hydrogens is 344 g/mol. The highest BCUT2D eigenvalue weighted by molar-refractivity contribution is 5.90. The number of aldehydes is 1. The van der Waals surface area contributed by atoms with Gasteiger partial charge in [0.05, 0.1) is 13.2 Å². The number of nitrogens with one attached hydrogen (secondary N) is 1. The van der Waals surface area contributed by atoms with Crippen LogP contribution in [0.25, 0.3) is 0 Å². The Hall–Kier alpha value is -2.37. The van der Waals surface area contributed by atoms with Gasteiger partial charge in [-0.1, -0.05) is 39.0 Å². The van der Waals surface area contributed by atoms with E-state index in [9.17, 15) is 14.4 Å². The number of carbonyl (C=O) groups is 3. The van der Waals surface area contributed by atoms with Gasteiger partial charge in [-0.3, -0.25) is 9.59 Å². The second-order valence-corrected chi connectivity index (χ2v) is 8.06. The summed E-state index contributed by atoms with van der Waals surface area (Å²) in [6.07, 6.45) is 3.12. The van der Waals surface area contributed by atoms with Crippen LogP contribution in [0.5, 0.6) is 5.75 Å². The van der Waals surface area contributed by atoms with E-state index in [-0.39, 0.29) is 24.3 Å². The minimum Gasteiger partial charge on any atom is -0.496 e. The Morgan fingerprint density at radius 3 is 2.67 bits per heavy atom. The largest absolute Gasteiger partial charge is 0.496 e. The van der Waals surface area contributed by atoms with Gasteiger partial charge in [0.2, 0.25) is 11.8 Å². The fraction of sp³-hybridized carbons (Fsp3) is 0.571. The molecule has 6 nitrogen and oxygen atoms in total. The Morgan fingerprint density at radius 1 is 1.33 bits per heavy atom. The molecule has 1 aromatic rings. The Balaban J connectivity index is 2.04. The van der Waals surface area contributed by atoms with Crippen molar-refractivity contribution in [3.05, 3.63) is 29.8 Å². The van der Waals surface area contributed by atoms with Gasteiger partial charge < -0.3 is 19.7 Å². The van der Waals surface area contributed by atoms with Crippen molar-refractivity contribution in [2.75, 3.05) is 13.7 Å². The molecule has 2 unspecified atom stereocenters. The molecule has 1 N–H and O–H groups in total. The fourth-order valence-electron chi connectivity index (χ4n) is 3.41. The van der Waals surface area contributed by atoms with Gasteiger partial charge in [-0.2, -0.15) is 0 Å². The average Bonchev–Trinajstić information content (AvgIpc) is 3.12. The minimum atomic E-state index is -0.664. The second-order valence-electron chi connectivity index (χ2n) is 8.06. The molecule has 1 fully saturated rings. The highest BCUT2D eigenvalue weighted by atomic mass is 16.5. The van der Waals surface area contributed by atoms with Gasteiger partial charge in [0.1, 0.15) is 18.1 Å². The molecule has 27 heavy (non-hydrogen) atoms. The van der Waals surface area contributed by atoms with Crippen molar-refractivity contribution >= 4 is 18.1 Å². The van der Waals surface area contributed by atoms with Crippen LogP contribution in [-0.4, -0.2) is 48.7 Å². The summed E-state index contributed by atoms with van der Waals surface area (Å²) in [4.78, 5) is 38.4. The Morgan fingerprint density at radius 2 is 2.04 bits per heavy atom. The topological polar surface area (TPSA) is 75.7 Å². The number of benzene rings is 1. The van der Waals surface area contributed by atoms with Crippen LogP contribution < -0.4 is 10.1 Å². The fourth-order valence-corrected chi connectivity index (χ4v) is 3.41. The summed E-state index contributed by atoms with van der Waals surface area (Å²) in [6, 6.07) is 6.54. The van der Waals surface area contributed by atoms with Gasteiger partial charge in [-0.15, -0.1) is 0 Å². The molecule has 148 valence electrons. The van der Waals surface area contributed by atoms with E-state index in [0.717, 1.165) is 24.0 Å². The molecule has 1 saturated heterocycles. The monoisotopic (exact) mass is 374 g/mol. The number of methoxy groups -OCH3 is 1. The maximum atomic E-state index is 13.0. The van der Waals surface area contributed by atoms with Crippen molar-refractivity contribution in [1.82, 2.24) is 10.2 Å². The van der Waals surface area contributed by atoms with E-state index < -0.39 is 11.5 Å². The zero-order chi connectivity index (χ0) is 20.0. The number of para-hydroxylation sites is 1. The Labute approximate surface area is 161 Å². The van der Waals surface area contributed by atoms with E-state index in [1.54, 1.807) is 12.0 Å². The predicted octanol–water partition coefficient (Wildman–Crippen LogP) is 2.35. The molecule has 1 aromatic carbocycles. The summed E-state index contributed by atoms with van der Waals surface area (Å²) in [6.45, 7) is 6.32. The summed E-state index contributed by atoms with van der Waals surface area (Å²) in [5.41, 5.74) is 0.502. The number of ether oxygens (including phenoxy) is 1. The molecule has 1 aliphatic heterocycles. The number of rotatable bonds is 7. The van der Waals surface area contributed by atoms with E-state index >= 15 is 0 Å². The van der Waals surface area contributed by atoms with Crippen LogP contribution in [0.2, 0.25) is 0 Å². The third-order valence-corrected chi connectivity index (χ3v) is 4.97. The summed E-state index contributed by atoms with van der Waals surface area (Å²) >= 11 is 0. The first kappa shape index (κ1) is 20.9. The molecule has 0 aliphatic carbocycles. The van der Waals surface area contributed by atoms with E-state index in [2.05, 4.69) is 5.32 Å². The van der Waals surface area contributed by atoms with Crippen molar-refractivity contribution in [3.8, 4) is 5.75 Å². The maximum absolute atomic E-state index is 13.0. The third kappa shape index (κ3) is 5.31. The highest BCUT2D eigenvalue weighted by Gasteiger charge is 2.39. The Bertz CT molecular complexity index is 681. The molecule has 0 bridgehead atoms. The number of hydrogen-bond donors (Lipinski definition) is 1. The standard InChI is InChI=1S/C21H30N2O4/c1-21(2,3)19(20(26)23-13-7-9-16(23)14-24)22-18(25)12-11-15-8-5-6-10-17(15)27-4/h5-6,8,10,14,16,19H,7,9,11-13H2,1-4H3,(H,22,25). The van der Waals surface area contributed by atoms with E-state index in [4.69, 9.17) is 4.74 Å². The zero-order valence-electron chi connectivity index (χ0n) is 16.7. The molecular formula is C21H30N2O4. The highest BCUT2D eigenvalue weighted by Crippen LogP contribution is 2.25. The lowest BCUT2D eigenvalue weighted by molar-refractivity contribution is -0.141. The number of amides is 2. The van der Waals surface area contributed by atoms with Gasteiger partial charge in [0.15, 0.2) is 0 Å². The van der Waals surface area contributed by atoms with E-state index in [1.807, 2.05) is 45.0 Å². The van der Waals surface area contributed by atoms with Crippen molar-refractivity contribution in [3.63, 3.8) is 0 Å². The third-order valence-electron chi connectivity index (χ3n) is 4.97. The Kier molecular flexibility index (Phi) is 6.99. The quantitative estimate of drug-likeness (QED) is 0.744. The predicted molar refractivity (Wildman–Crippen MR) is 103 cm³/mol. The molecule has 6 heteroatoms. The van der Waals surface area contributed by atoms with Crippen LogP contribution in [0.15, 0.2) is 24.3 Å². The van der Waals surface area contributed by atoms with Crippen molar-refractivity contribution in [2.45, 2.75) is 58.5 Å². The van der Waals surface area contributed by atoms with Crippen LogP contribution in [0.4, 0.5) is 0 Å². The van der Waals surface area contributed by atoms with Gasteiger partial charge >= 0.3 is 0 Å². The summed E-state index contributed by atoms with van der Waals surface area (Å²) in [5, 5.41) is 2.90. The number of nitrogens with zero attached hydrogens (tertiary/aromatic N) is 1. The zero-order valence-corrected chi connectivity index (χ0v) is 16.7. The van der Waals surface area contributed by atoms with E-state index in [0.29, 0.717) is 19.4 Å². The SMILES string of the molecule is COc1ccccc1CCC(=O)NC(C(=O)N1CCCC1C=O)C(C)(C)C. The molecule has 0 radical (unpaired) electrons. The average molecular weight is 374 g/mol. The molecule has 0 aromatic heterocycles. The molecule has 2 rings (SSSR count). The van der Waals surface area contributed by atoms with Crippen LogP contribution in [0, 0.1) is 5.41 Å². The van der Waals surface area contributed by atoms with Crippen molar-refractivity contribution in [2.24, 2.45) is 5.41 Å². The first-order chi connectivity index (χ1) is 12.8. The first-order valence-electron chi connectivity index (χ1n) is 9.45. The number of carbonyl (C=O) groups excluding carboxylic acids is 3. The van der Waals surface area contributed by atoms with E-state index in [1.165, 1.54) is 0 Å². The van der Waals surface area contributed by atoms with Gasteiger partial charge in [0, 0.05) is 13.0 Å². The van der Waals surface area contributed by atoms with Crippen LogP contribution in [0.3, 0.4) is 0 Å². The minimum absolute atomic E-state index is 0.178. The number of aryl methyl sites for hydroxylation is 1. The molecule has 2 amide bonds. The number of likely N-dealkylation sites (tertiary alicyclic amines) is 1. The normalized spacial score (nSPS) is 18.1. The molecule has 0 saturated carbocycles. The lowest BCUT2D eigenvalue weighted by Gasteiger charge is -2.34. The summed E-state index contributed by atoms with van der Waals surface area (Å²) < 4.78 is 5.32. The second kappa shape index (κ2) is 9.02. The summed E-state index contributed by atoms with van der Waals surface area (Å²) in [5.74, 6) is 0.387. The van der Waals surface area contributed by atoms with Crippen LogP contribution in [-0.2, 0) is 20.8 Å². The maximum Gasteiger partial charge on any atom is 0.246 e. The lowest BCUT2D eigenvalue weighted by Crippen LogP contribution is -2.55. The van der Waals surface area contributed by atoms with Gasteiger partial charge in [0.25, 0.3) is 0 Å². The smallest absolute Gasteiger partial charge is 0.246 e. The number of hydrogen-bond acceptors (Lipinski definition) is 4. The molecule has 1 heterocycles. The van der Waals surface area contributed by atoms with Crippen molar-refractivity contribution < 1.29 is 19.1 Å².